The lowest BCUT2D eigenvalue weighted by Crippen LogP contribution is -2.19. The molecular formula is C14H25N3OS. The van der Waals surface area contributed by atoms with Gasteiger partial charge in [0.2, 0.25) is 5.16 Å². The molecule has 2 N–H and O–H groups in total. The van der Waals surface area contributed by atoms with Crippen molar-refractivity contribution in [3.8, 4) is 0 Å². The summed E-state index contributed by atoms with van der Waals surface area (Å²) < 4.78 is 0. The number of hydrogen-bond acceptors (Lipinski definition) is 4. The maximum absolute atomic E-state index is 9.64. The highest BCUT2D eigenvalue weighted by atomic mass is 32.2. The van der Waals surface area contributed by atoms with Crippen LogP contribution in [0.4, 0.5) is 0 Å². The van der Waals surface area contributed by atoms with Gasteiger partial charge in [-0.1, -0.05) is 37.4 Å². The molecule has 2 rings (SSSR count). The first-order valence-electron chi connectivity index (χ1n) is 7.29. The van der Waals surface area contributed by atoms with Crippen molar-refractivity contribution >= 4 is 11.8 Å². The highest BCUT2D eigenvalue weighted by molar-refractivity contribution is 7.99. The van der Waals surface area contributed by atoms with Crippen molar-refractivity contribution in [2.75, 3.05) is 5.75 Å². The van der Waals surface area contributed by atoms with Gasteiger partial charge in [-0.05, 0) is 32.6 Å². The van der Waals surface area contributed by atoms with Gasteiger partial charge in [-0.3, -0.25) is 5.10 Å². The van der Waals surface area contributed by atoms with Gasteiger partial charge in [0.25, 0.3) is 0 Å². The summed E-state index contributed by atoms with van der Waals surface area (Å²) in [5.41, 5.74) is -0.603. The number of hydrogen-bond donors (Lipinski definition) is 2. The van der Waals surface area contributed by atoms with Crippen molar-refractivity contribution in [2.45, 2.75) is 69.6 Å². The fourth-order valence-electron chi connectivity index (χ4n) is 2.49. The third kappa shape index (κ3) is 5.53. The van der Waals surface area contributed by atoms with E-state index in [-0.39, 0.29) is 0 Å². The molecule has 1 saturated carbocycles. The Bertz CT molecular complexity index is 380. The van der Waals surface area contributed by atoms with Gasteiger partial charge in [-0.25, -0.2) is 4.98 Å². The molecule has 1 aliphatic rings. The second-order valence-corrected chi connectivity index (χ2v) is 7.23. The minimum Gasteiger partial charge on any atom is -0.390 e. The SMILES string of the molecule is CC(C)(O)CCSc1n[nH]c(CCC2CCCC2)n1. The first kappa shape index (κ1) is 14.9. The van der Waals surface area contributed by atoms with Gasteiger partial charge in [0.1, 0.15) is 5.82 Å². The molecule has 19 heavy (non-hydrogen) atoms. The van der Waals surface area contributed by atoms with Gasteiger partial charge < -0.3 is 5.11 Å². The molecule has 0 radical (unpaired) electrons. The van der Waals surface area contributed by atoms with E-state index in [0.717, 1.165) is 35.5 Å². The molecular weight excluding hydrogens is 258 g/mol. The molecule has 1 heterocycles. The highest BCUT2D eigenvalue weighted by Crippen LogP contribution is 2.28. The van der Waals surface area contributed by atoms with E-state index in [0.29, 0.717) is 0 Å². The molecule has 0 aliphatic heterocycles. The molecule has 1 aliphatic carbocycles. The van der Waals surface area contributed by atoms with E-state index in [2.05, 4.69) is 15.2 Å². The largest absolute Gasteiger partial charge is 0.390 e. The van der Waals surface area contributed by atoms with Crippen molar-refractivity contribution in [3.63, 3.8) is 0 Å². The number of aromatic nitrogens is 3. The van der Waals surface area contributed by atoms with Crippen LogP contribution in [0, 0.1) is 5.92 Å². The number of aryl methyl sites for hydroxylation is 1. The fraction of sp³-hybridized carbons (Fsp3) is 0.857. The van der Waals surface area contributed by atoms with Gasteiger partial charge in [-0.2, -0.15) is 0 Å². The number of nitrogens with one attached hydrogen (secondary N) is 1. The summed E-state index contributed by atoms with van der Waals surface area (Å²) in [5, 5.41) is 17.7. The van der Waals surface area contributed by atoms with Crippen LogP contribution < -0.4 is 0 Å². The quantitative estimate of drug-likeness (QED) is 0.754. The molecule has 5 heteroatoms. The Morgan fingerprint density at radius 3 is 2.79 bits per heavy atom. The monoisotopic (exact) mass is 283 g/mol. The summed E-state index contributed by atoms with van der Waals surface area (Å²) in [6.45, 7) is 3.66. The minimum absolute atomic E-state index is 0.603. The lowest BCUT2D eigenvalue weighted by molar-refractivity contribution is 0.0777. The molecule has 0 unspecified atom stereocenters. The van der Waals surface area contributed by atoms with Crippen LogP contribution in [0.5, 0.6) is 0 Å². The zero-order valence-corrected chi connectivity index (χ0v) is 12.8. The van der Waals surface area contributed by atoms with Gasteiger partial charge in [-0.15, -0.1) is 5.10 Å². The maximum atomic E-state index is 9.64. The number of H-pyrrole nitrogens is 1. The number of aliphatic hydroxyl groups is 1. The average molecular weight is 283 g/mol. The van der Waals surface area contributed by atoms with Crippen LogP contribution in [0.15, 0.2) is 5.16 Å². The molecule has 0 spiro atoms. The zero-order valence-electron chi connectivity index (χ0n) is 12.0. The topological polar surface area (TPSA) is 61.8 Å². The first-order valence-corrected chi connectivity index (χ1v) is 8.28. The predicted octanol–water partition coefficient (Wildman–Crippen LogP) is 3.18. The number of nitrogens with zero attached hydrogens (tertiary/aromatic N) is 2. The number of aromatic amines is 1. The molecule has 4 nitrogen and oxygen atoms in total. The van der Waals surface area contributed by atoms with Gasteiger partial charge in [0.15, 0.2) is 0 Å². The molecule has 0 saturated heterocycles. The van der Waals surface area contributed by atoms with Crippen LogP contribution in [0.25, 0.3) is 0 Å². The summed E-state index contributed by atoms with van der Waals surface area (Å²) >= 11 is 1.61. The van der Waals surface area contributed by atoms with E-state index < -0.39 is 5.60 Å². The van der Waals surface area contributed by atoms with E-state index in [1.807, 2.05) is 13.8 Å². The second kappa shape index (κ2) is 6.75. The fourth-order valence-corrected chi connectivity index (χ4v) is 3.56. The molecule has 108 valence electrons. The van der Waals surface area contributed by atoms with Crippen LogP contribution in [0.1, 0.15) is 58.2 Å². The van der Waals surface area contributed by atoms with Crippen LogP contribution >= 0.6 is 11.8 Å². The van der Waals surface area contributed by atoms with Crippen molar-refractivity contribution in [1.82, 2.24) is 15.2 Å². The van der Waals surface area contributed by atoms with E-state index in [4.69, 9.17) is 0 Å². The summed E-state index contributed by atoms with van der Waals surface area (Å²) in [6.07, 6.45) is 8.59. The van der Waals surface area contributed by atoms with E-state index in [1.165, 1.54) is 32.1 Å². The minimum atomic E-state index is -0.603. The Morgan fingerprint density at radius 1 is 1.37 bits per heavy atom. The summed E-state index contributed by atoms with van der Waals surface area (Å²) in [6, 6.07) is 0. The molecule has 0 amide bonds. The third-order valence-electron chi connectivity index (χ3n) is 3.72. The van der Waals surface area contributed by atoms with Crippen LogP contribution in [-0.4, -0.2) is 31.6 Å². The average Bonchev–Trinajstić information content (AvgIpc) is 2.94. The maximum Gasteiger partial charge on any atom is 0.208 e. The zero-order chi connectivity index (χ0) is 13.7. The van der Waals surface area contributed by atoms with Gasteiger partial charge >= 0.3 is 0 Å². The number of thioether (sulfide) groups is 1. The summed E-state index contributed by atoms with van der Waals surface area (Å²) in [5.74, 6) is 2.76. The van der Waals surface area contributed by atoms with Crippen LogP contribution in [-0.2, 0) is 6.42 Å². The summed E-state index contributed by atoms with van der Waals surface area (Å²) in [7, 11) is 0. The molecule has 1 fully saturated rings. The highest BCUT2D eigenvalue weighted by Gasteiger charge is 2.16. The Morgan fingerprint density at radius 2 is 2.11 bits per heavy atom. The van der Waals surface area contributed by atoms with Crippen LogP contribution in [0.3, 0.4) is 0 Å². The molecule has 1 aromatic rings. The van der Waals surface area contributed by atoms with Crippen molar-refractivity contribution < 1.29 is 5.11 Å². The van der Waals surface area contributed by atoms with Crippen molar-refractivity contribution in [1.29, 1.82) is 0 Å². The Kier molecular flexibility index (Phi) is 5.28. The molecule has 0 atom stereocenters. The molecule has 0 bridgehead atoms. The standard InChI is InChI=1S/C14H25N3OS/c1-14(2,18)9-10-19-13-15-12(16-17-13)8-7-11-5-3-4-6-11/h11,18H,3-10H2,1-2H3,(H,15,16,17). The van der Waals surface area contributed by atoms with Crippen molar-refractivity contribution in [3.05, 3.63) is 5.82 Å². The Balaban J connectivity index is 1.69. The van der Waals surface area contributed by atoms with Crippen LogP contribution in [0.2, 0.25) is 0 Å². The summed E-state index contributed by atoms with van der Waals surface area (Å²) in [4.78, 5) is 4.51. The Hall–Kier alpha value is -0.550. The Labute approximate surface area is 119 Å². The molecule has 0 aromatic carbocycles. The first-order chi connectivity index (χ1) is 9.03. The lowest BCUT2D eigenvalue weighted by atomic mass is 10.0. The van der Waals surface area contributed by atoms with E-state index in [9.17, 15) is 5.11 Å². The predicted molar refractivity (Wildman–Crippen MR) is 78.3 cm³/mol. The van der Waals surface area contributed by atoms with Gasteiger partial charge in [0.05, 0.1) is 5.60 Å². The lowest BCUT2D eigenvalue weighted by Gasteiger charge is -2.15. The third-order valence-corrected chi connectivity index (χ3v) is 4.57. The van der Waals surface area contributed by atoms with Crippen molar-refractivity contribution in [2.24, 2.45) is 5.92 Å². The molecule has 1 aromatic heterocycles. The van der Waals surface area contributed by atoms with E-state index in [1.54, 1.807) is 11.8 Å². The second-order valence-electron chi connectivity index (χ2n) is 6.16. The van der Waals surface area contributed by atoms with E-state index >= 15 is 0 Å². The van der Waals surface area contributed by atoms with Gasteiger partial charge in [0, 0.05) is 12.2 Å². The normalized spacial score (nSPS) is 17.2. The number of rotatable bonds is 7. The smallest absolute Gasteiger partial charge is 0.208 e.